The van der Waals surface area contributed by atoms with Crippen LogP contribution in [0, 0.1) is 0 Å². The number of hydrogen-bond acceptors (Lipinski definition) is 7. The maximum absolute atomic E-state index is 13.0. The van der Waals surface area contributed by atoms with Gasteiger partial charge in [-0.3, -0.25) is 24.6 Å². The third kappa shape index (κ3) is 4.16. The number of carbonyl (C=O) groups excluding carboxylic acids is 3. The number of fused-ring (bicyclic) bond motifs is 1. The van der Waals surface area contributed by atoms with Crippen LogP contribution < -0.4 is 10.6 Å². The highest BCUT2D eigenvalue weighted by atomic mass is 16.5. The van der Waals surface area contributed by atoms with Gasteiger partial charge in [0.2, 0.25) is 11.8 Å². The van der Waals surface area contributed by atoms with Gasteiger partial charge in [-0.1, -0.05) is 12.1 Å². The molecule has 0 aromatic heterocycles. The zero-order chi connectivity index (χ0) is 20.1. The maximum Gasteiger partial charge on any atom is 0.259 e. The Morgan fingerprint density at radius 2 is 2.00 bits per heavy atom. The predicted molar refractivity (Wildman–Crippen MR) is 99.4 cm³/mol. The van der Waals surface area contributed by atoms with Crippen molar-refractivity contribution in [1.29, 1.82) is 0 Å². The summed E-state index contributed by atoms with van der Waals surface area (Å²) in [6.07, 6.45) is 0.403. The summed E-state index contributed by atoms with van der Waals surface area (Å²) in [6.45, 7) is 1.70. The van der Waals surface area contributed by atoms with Gasteiger partial charge in [-0.25, -0.2) is 0 Å². The van der Waals surface area contributed by atoms with Crippen molar-refractivity contribution in [3.05, 3.63) is 29.3 Å². The maximum atomic E-state index is 13.0. The topological polar surface area (TPSA) is 128 Å². The number of rotatable bonds is 9. The molecule has 2 unspecified atom stereocenters. The minimum absolute atomic E-state index is 0.0997. The van der Waals surface area contributed by atoms with Crippen LogP contribution in [0.25, 0.3) is 0 Å². The van der Waals surface area contributed by atoms with E-state index in [0.717, 1.165) is 4.90 Å². The number of nitrogens with one attached hydrogen (secondary N) is 2. The number of ether oxygens (including phenoxy) is 1. The Morgan fingerprint density at radius 3 is 2.75 bits per heavy atom. The lowest BCUT2D eigenvalue weighted by Gasteiger charge is -2.31. The molecule has 1 saturated heterocycles. The molecule has 3 rings (SSSR count). The van der Waals surface area contributed by atoms with Crippen molar-refractivity contribution in [1.82, 2.24) is 10.2 Å². The second kappa shape index (κ2) is 9.13. The first-order valence-corrected chi connectivity index (χ1v) is 9.44. The van der Waals surface area contributed by atoms with Gasteiger partial charge in [0.1, 0.15) is 6.04 Å². The summed E-state index contributed by atoms with van der Waals surface area (Å²) >= 11 is 0. The van der Waals surface area contributed by atoms with E-state index in [9.17, 15) is 19.5 Å². The Kier molecular flexibility index (Phi) is 6.61. The molecule has 4 N–H and O–H groups in total. The lowest BCUT2D eigenvalue weighted by Crippen LogP contribution is -2.53. The molecule has 1 fully saturated rings. The van der Waals surface area contributed by atoms with E-state index in [1.54, 1.807) is 18.2 Å². The molecular formula is C19H25N3O6. The van der Waals surface area contributed by atoms with Crippen molar-refractivity contribution in [2.75, 3.05) is 31.7 Å². The minimum Gasteiger partial charge on any atom is -0.396 e. The monoisotopic (exact) mass is 391 g/mol. The zero-order valence-electron chi connectivity index (χ0n) is 15.5. The molecule has 2 atom stereocenters. The van der Waals surface area contributed by atoms with Gasteiger partial charge in [0, 0.05) is 44.0 Å². The second-order valence-electron chi connectivity index (χ2n) is 6.79. The van der Waals surface area contributed by atoms with Crippen molar-refractivity contribution in [2.45, 2.75) is 38.0 Å². The molecule has 2 aliphatic heterocycles. The molecule has 2 heterocycles. The van der Waals surface area contributed by atoms with Crippen LogP contribution in [0.4, 0.5) is 5.69 Å². The van der Waals surface area contributed by atoms with E-state index in [1.165, 1.54) is 0 Å². The van der Waals surface area contributed by atoms with Crippen molar-refractivity contribution >= 4 is 23.4 Å². The molecule has 0 spiro atoms. The van der Waals surface area contributed by atoms with E-state index in [-0.39, 0.29) is 25.4 Å². The van der Waals surface area contributed by atoms with Crippen LogP contribution in [0.1, 0.15) is 47.8 Å². The fourth-order valence-corrected chi connectivity index (χ4v) is 3.49. The van der Waals surface area contributed by atoms with Gasteiger partial charge < -0.3 is 20.3 Å². The van der Waals surface area contributed by atoms with E-state index in [4.69, 9.17) is 9.84 Å². The molecule has 2 aliphatic rings. The summed E-state index contributed by atoms with van der Waals surface area (Å²) in [4.78, 5) is 37.6. The van der Waals surface area contributed by atoms with E-state index in [0.29, 0.717) is 49.4 Å². The molecule has 28 heavy (non-hydrogen) atoms. The van der Waals surface area contributed by atoms with Crippen LogP contribution in [-0.4, -0.2) is 65.2 Å². The van der Waals surface area contributed by atoms with Gasteiger partial charge >= 0.3 is 0 Å². The first kappa shape index (κ1) is 20.2. The SMILES string of the molecule is O=C1CCC(N2C(=O)c3c(NCCCOCCCO)cccc3C2O)C(=O)N1. The smallest absolute Gasteiger partial charge is 0.259 e. The molecule has 0 aliphatic carbocycles. The number of nitrogens with zero attached hydrogens (tertiary/aromatic N) is 1. The van der Waals surface area contributed by atoms with Gasteiger partial charge in [0.15, 0.2) is 6.23 Å². The fourth-order valence-electron chi connectivity index (χ4n) is 3.49. The van der Waals surface area contributed by atoms with Gasteiger partial charge in [-0.15, -0.1) is 0 Å². The summed E-state index contributed by atoms with van der Waals surface area (Å²) < 4.78 is 5.37. The summed E-state index contributed by atoms with van der Waals surface area (Å²) in [7, 11) is 0. The van der Waals surface area contributed by atoms with E-state index >= 15 is 0 Å². The third-order valence-electron chi connectivity index (χ3n) is 4.86. The molecule has 0 bridgehead atoms. The molecule has 9 heteroatoms. The van der Waals surface area contributed by atoms with Crippen molar-refractivity contribution in [3.63, 3.8) is 0 Å². The zero-order valence-corrected chi connectivity index (χ0v) is 15.5. The van der Waals surface area contributed by atoms with Gasteiger partial charge in [0.05, 0.1) is 5.56 Å². The number of carbonyl (C=O) groups is 3. The number of hydrogen-bond donors (Lipinski definition) is 4. The molecule has 0 radical (unpaired) electrons. The summed E-state index contributed by atoms with van der Waals surface area (Å²) in [5.41, 5.74) is 1.38. The molecular weight excluding hydrogens is 366 g/mol. The highest BCUT2D eigenvalue weighted by molar-refractivity contribution is 6.08. The molecule has 3 amide bonds. The highest BCUT2D eigenvalue weighted by Gasteiger charge is 2.45. The number of benzene rings is 1. The number of amides is 3. The highest BCUT2D eigenvalue weighted by Crippen LogP contribution is 2.38. The summed E-state index contributed by atoms with van der Waals surface area (Å²) in [5, 5.41) is 24.8. The van der Waals surface area contributed by atoms with Crippen LogP contribution in [0.15, 0.2) is 18.2 Å². The average Bonchev–Trinajstić information content (AvgIpc) is 2.93. The molecule has 1 aromatic rings. The summed E-state index contributed by atoms with van der Waals surface area (Å²) in [6, 6.07) is 4.28. The average molecular weight is 391 g/mol. The number of anilines is 1. The lowest BCUT2D eigenvalue weighted by molar-refractivity contribution is -0.139. The van der Waals surface area contributed by atoms with Gasteiger partial charge in [-0.2, -0.15) is 0 Å². The normalized spacial score (nSPS) is 21.6. The van der Waals surface area contributed by atoms with Crippen LogP contribution in [-0.2, 0) is 14.3 Å². The molecule has 1 aromatic carbocycles. The van der Waals surface area contributed by atoms with E-state index < -0.39 is 24.1 Å². The minimum atomic E-state index is -1.23. The number of aliphatic hydroxyl groups excluding tert-OH is 2. The van der Waals surface area contributed by atoms with Crippen LogP contribution in [0.3, 0.4) is 0 Å². The predicted octanol–water partition coefficient (Wildman–Crippen LogP) is 0.140. The van der Waals surface area contributed by atoms with Crippen LogP contribution >= 0.6 is 0 Å². The number of piperidine rings is 1. The quantitative estimate of drug-likeness (QED) is 0.348. The Balaban J connectivity index is 1.66. The van der Waals surface area contributed by atoms with Crippen molar-refractivity contribution < 1.29 is 29.3 Å². The van der Waals surface area contributed by atoms with Crippen LogP contribution in [0.2, 0.25) is 0 Å². The lowest BCUT2D eigenvalue weighted by atomic mass is 10.0. The second-order valence-corrected chi connectivity index (χ2v) is 6.79. The van der Waals surface area contributed by atoms with Crippen molar-refractivity contribution in [2.24, 2.45) is 0 Å². The Bertz CT molecular complexity index is 753. The van der Waals surface area contributed by atoms with E-state index in [2.05, 4.69) is 10.6 Å². The fraction of sp³-hybridized carbons (Fsp3) is 0.526. The summed E-state index contributed by atoms with van der Waals surface area (Å²) in [5.74, 6) is -1.37. The number of aliphatic hydroxyl groups is 2. The molecule has 0 saturated carbocycles. The first-order chi connectivity index (χ1) is 13.5. The van der Waals surface area contributed by atoms with Gasteiger partial charge in [0.25, 0.3) is 5.91 Å². The molecule has 152 valence electrons. The van der Waals surface area contributed by atoms with Crippen LogP contribution in [0.5, 0.6) is 0 Å². The molecule has 9 nitrogen and oxygen atoms in total. The third-order valence-corrected chi connectivity index (χ3v) is 4.86. The van der Waals surface area contributed by atoms with E-state index in [1.807, 2.05) is 0 Å². The Morgan fingerprint density at radius 1 is 1.21 bits per heavy atom. The first-order valence-electron chi connectivity index (χ1n) is 9.44. The number of imide groups is 1. The standard InChI is InChI=1S/C19H25N3O6/c23-9-3-11-28-10-2-8-20-13-5-1-4-12-16(13)19(27)22(18(12)26)14-6-7-15(24)21-17(14)25/h1,4-5,14,18,20,23,26H,2-3,6-11H2,(H,21,24,25). The Hall–Kier alpha value is -2.49. The van der Waals surface area contributed by atoms with Gasteiger partial charge in [-0.05, 0) is 25.3 Å². The Labute approximate surface area is 162 Å². The largest absolute Gasteiger partial charge is 0.396 e. The van der Waals surface area contributed by atoms with Crippen molar-refractivity contribution in [3.8, 4) is 0 Å².